The summed E-state index contributed by atoms with van der Waals surface area (Å²) >= 11 is 6.02. The number of hydrogen-bond donors (Lipinski definition) is 2. The number of fused-ring (bicyclic) bond motifs is 1. The van der Waals surface area contributed by atoms with Gasteiger partial charge in [0.2, 0.25) is 0 Å². The van der Waals surface area contributed by atoms with Crippen molar-refractivity contribution in [3.8, 4) is 11.5 Å². The van der Waals surface area contributed by atoms with E-state index in [0.29, 0.717) is 33.5 Å². The van der Waals surface area contributed by atoms with Gasteiger partial charge in [-0.1, -0.05) is 41.9 Å². The van der Waals surface area contributed by atoms with E-state index in [2.05, 4.69) is 10.6 Å². The van der Waals surface area contributed by atoms with Gasteiger partial charge in [0.25, 0.3) is 11.8 Å². The highest BCUT2D eigenvalue weighted by Crippen LogP contribution is 2.29. The number of carbonyl (C=O) groups excluding carboxylic acids is 2. The molecule has 2 amide bonds. The number of hydrogen-bond acceptors (Lipinski definition) is 5. The Kier molecular flexibility index (Phi) is 6.28. The quantitative estimate of drug-likeness (QED) is 0.395. The Hall–Kier alpha value is -3.97. The van der Waals surface area contributed by atoms with E-state index in [1.54, 1.807) is 54.6 Å². The maximum atomic E-state index is 12.6. The van der Waals surface area contributed by atoms with Crippen LogP contribution in [0.25, 0.3) is 11.0 Å². The van der Waals surface area contributed by atoms with Crippen molar-refractivity contribution in [3.63, 3.8) is 0 Å². The summed E-state index contributed by atoms with van der Waals surface area (Å²) in [7, 11) is 1.47. The van der Waals surface area contributed by atoms with E-state index in [0.717, 1.165) is 5.39 Å². The second kappa shape index (κ2) is 9.45. The third kappa shape index (κ3) is 4.84. The summed E-state index contributed by atoms with van der Waals surface area (Å²) in [6, 6.07) is 20.8. The molecule has 2 N–H and O–H groups in total. The highest BCUT2D eigenvalue weighted by atomic mass is 35.5. The summed E-state index contributed by atoms with van der Waals surface area (Å²) < 4.78 is 16.4. The topological polar surface area (TPSA) is 89.8 Å². The van der Waals surface area contributed by atoms with Gasteiger partial charge in [0.15, 0.2) is 12.4 Å². The van der Waals surface area contributed by atoms with Crippen LogP contribution in [0.1, 0.15) is 10.6 Å². The lowest BCUT2D eigenvalue weighted by molar-refractivity contribution is -0.118. The van der Waals surface area contributed by atoms with Crippen molar-refractivity contribution in [3.05, 3.63) is 83.6 Å². The first kappa shape index (κ1) is 21.3. The van der Waals surface area contributed by atoms with Gasteiger partial charge in [-0.15, -0.1) is 0 Å². The molecule has 162 valence electrons. The van der Waals surface area contributed by atoms with Crippen LogP contribution >= 0.6 is 11.6 Å². The van der Waals surface area contributed by atoms with Crippen molar-refractivity contribution in [1.29, 1.82) is 0 Å². The second-order valence-electron chi connectivity index (χ2n) is 6.78. The van der Waals surface area contributed by atoms with E-state index < -0.39 is 5.91 Å². The van der Waals surface area contributed by atoms with Crippen molar-refractivity contribution < 1.29 is 23.5 Å². The molecular weight excluding hydrogens is 432 g/mol. The fourth-order valence-electron chi connectivity index (χ4n) is 3.05. The maximum absolute atomic E-state index is 12.6. The number of anilines is 2. The molecule has 0 aliphatic heterocycles. The van der Waals surface area contributed by atoms with Gasteiger partial charge in [0.05, 0.1) is 17.8 Å². The van der Waals surface area contributed by atoms with Crippen LogP contribution in [0.5, 0.6) is 11.5 Å². The predicted molar refractivity (Wildman–Crippen MR) is 123 cm³/mol. The number of ether oxygens (including phenoxy) is 2. The summed E-state index contributed by atoms with van der Waals surface area (Å²) in [5.74, 6) is 0.197. The Morgan fingerprint density at radius 2 is 1.72 bits per heavy atom. The summed E-state index contributed by atoms with van der Waals surface area (Å²) in [6.45, 7) is -0.212. The molecule has 0 aliphatic rings. The van der Waals surface area contributed by atoms with Gasteiger partial charge in [0, 0.05) is 17.1 Å². The zero-order valence-corrected chi connectivity index (χ0v) is 17.8. The number of amides is 2. The molecule has 0 aliphatic carbocycles. The van der Waals surface area contributed by atoms with Gasteiger partial charge in [-0.2, -0.15) is 0 Å². The Labute approximate surface area is 188 Å². The van der Waals surface area contributed by atoms with Crippen molar-refractivity contribution in [2.24, 2.45) is 0 Å². The number of halogens is 1. The van der Waals surface area contributed by atoms with Crippen LogP contribution in [-0.2, 0) is 4.79 Å². The average molecular weight is 451 g/mol. The summed E-state index contributed by atoms with van der Waals surface area (Å²) in [5, 5.41) is 6.74. The molecule has 7 nitrogen and oxygen atoms in total. The fourth-order valence-corrected chi connectivity index (χ4v) is 3.24. The predicted octanol–water partition coefficient (Wildman–Crippen LogP) is 5.36. The average Bonchev–Trinajstić information content (AvgIpc) is 3.24. The summed E-state index contributed by atoms with van der Waals surface area (Å²) in [5.41, 5.74) is 1.54. The first-order chi connectivity index (χ1) is 15.5. The second-order valence-corrected chi connectivity index (χ2v) is 7.19. The van der Waals surface area contributed by atoms with E-state index >= 15 is 0 Å². The molecule has 0 radical (unpaired) electrons. The lowest BCUT2D eigenvalue weighted by Gasteiger charge is -2.12. The molecule has 0 fully saturated rings. The van der Waals surface area contributed by atoms with E-state index in [1.807, 2.05) is 18.2 Å². The number of benzene rings is 3. The van der Waals surface area contributed by atoms with E-state index in [9.17, 15) is 9.59 Å². The maximum Gasteiger partial charge on any atom is 0.291 e. The lowest BCUT2D eigenvalue weighted by atomic mass is 10.2. The van der Waals surface area contributed by atoms with Gasteiger partial charge in [-0.3, -0.25) is 9.59 Å². The van der Waals surface area contributed by atoms with E-state index in [4.69, 9.17) is 25.5 Å². The number of carbonyl (C=O) groups is 2. The minimum Gasteiger partial charge on any atom is -0.494 e. The van der Waals surface area contributed by atoms with Crippen molar-refractivity contribution in [1.82, 2.24) is 0 Å². The molecule has 4 rings (SSSR count). The smallest absolute Gasteiger partial charge is 0.291 e. The van der Waals surface area contributed by atoms with Gasteiger partial charge >= 0.3 is 0 Å². The number of rotatable bonds is 7. The molecular formula is C24H19ClN2O5. The van der Waals surface area contributed by atoms with Crippen molar-refractivity contribution in [2.45, 2.75) is 0 Å². The Bertz CT molecular complexity index is 1250. The SMILES string of the molecule is COc1cc(NC(=O)COc2ccccc2Cl)ccc1NC(=O)c1cc2ccccc2o1. The van der Waals surface area contributed by atoms with Crippen LogP contribution in [0.3, 0.4) is 0 Å². The number of nitrogens with one attached hydrogen (secondary N) is 2. The lowest BCUT2D eigenvalue weighted by Crippen LogP contribution is -2.20. The molecule has 8 heteroatoms. The molecule has 0 unspecified atom stereocenters. The van der Waals surface area contributed by atoms with E-state index in [1.165, 1.54) is 7.11 Å². The minimum absolute atomic E-state index is 0.183. The van der Waals surface area contributed by atoms with Crippen LogP contribution in [0.4, 0.5) is 11.4 Å². The highest BCUT2D eigenvalue weighted by Gasteiger charge is 2.15. The third-order valence-corrected chi connectivity index (χ3v) is 4.89. The largest absolute Gasteiger partial charge is 0.494 e. The van der Waals surface area contributed by atoms with Crippen molar-refractivity contribution in [2.75, 3.05) is 24.4 Å². The molecule has 4 aromatic rings. The number of methoxy groups -OCH3 is 1. The third-order valence-electron chi connectivity index (χ3n) is 4.58. The molecule has 1 heterocycles. The number of furan rings is 1. The zero-order valence-electron chi connectivity index (χ0n) is 17.1. The van der Waals surface area contributed by atoms with Gasteiger partial charge < -0.3 is 24.5 Å². The standard InChI is InChI=1S/C24H19ClN2O5/c1-30-21-13-16(26-23(28)14-31-20-9-5-3-7-17(20)25)10-11-18(21)27-24(29)22-12-15-6-2-4-8-19(15)32-22/h2-13H,14H2,1H3,(H,26,28)(H,27,29). The normalized spacial score (nSPS) is 10.6. The van der Waals surface area contributed by atoms with Crippen LogP contribution in [0, 0.1) is 0 Å². The van der Waals surface area contributed by atoms with Gasteiger partial charge in [-0.05, 0) is 36.4 Å². The van der Waals surface area contributed by atoms with Crippen molar-refractivity contribution >= 4 is 45.8 Å². The molecule has 0 atom stereocenters. The molecule has 0 spiro atoms. The molecule has 3 aromatic carbocycles. The molecule has 0 saturated heterocycles. The van der Waals surface area contributed by atoms with Gasteiger partial charge in [-0.25, -0.2) is 0 Å². The van der Waals surface area contributed by atoms with E-state index in [-0.39, 0.29) is 18.3 Å². The zero-order chi connectivity index (χ0) is 22.5. The Morgan fingerprint density at radius 3 is 2.50 bits per heavy atom. The Morgan fingerprint density at radius 1 is 0.938 bits per heavy atom. The molecule has 0 saturated carbocycles. The van der Waals surface area contributed by atoms with Crippen LogP contribution in [-0.4, -0.2) is 25.5 Å². The van der Waals surface area contributed by atoms with Crippen LogP contribution in [0.2, 0.25) is 5.02 Å². The fraction of sp³-hybridized carbons (Fsp3) is 0.0833. The monoisotopic (exact) mass is 450 g/mol. The van der Waals surface area contributed by atoms with Crippen LogP contribution < -0.4 is 20.1 Å². The van der Waals surface area contributed by atoms with Gasteiger partial charge in [0.1, 0.15) is 17.1 Å². The molecule has 0 bridgehead atoms. The number of para-hydroxylation sites is 2. The first-order valence-electron chi connectivity index (χ1n) is 9.68. The van der Waals surface area contributed by atoms with Crippen LogP contribution in [0.15, 0.2) is 77.2 Å². The molecule has 1 aromatic heterocycles. The summed E-state index contributed by atoms with van der Waals surface area (Å²) in [6.07, 6.45) is 0. The summed E-state index contributed by atoms with van der Waals surface area (Å²) in [4.78, 5) is 24.8. The Balaban J connectivity index is 1.41. The molecule has 32 heavy (non-hydrogen) atoms. The minimum atomic E-state index is -0.413. The highest BCUT2D eigenvalue weighted by molar-refractivity contribution is 6.32. The first-order valence-corrected chi connectivity index (χ1v) is 10.1.